The minimum absolute atomic E-state index is 0. The molecule has 8 heteroatoms. The van der Waals surface area contributed by atoms with Crippen LogP contribution in [0.25, 0.3) is 11.0 Å². The van der Waals surface area contributed by atoms with E-state index in [1.807, 2.05) is 10.8 Å². The third kappa shape index (κ3) is 5.75. The smallest absolute Gasteiger partial charge is 0.306 e. The van der Waals surface area contributed by atoms with E-state index in [-0.39, 0.29) is 36.7 Å². The molecular formula is C25H32Cl2N4O2. The van der Waals surface area contributed by atoms with Gasteiger partial charge >= 0.3 is 5.97 Å². The highest BCUT2D eigenvalue weighted by Gasteiger charge is 2.24. The standard InChI is InChI=1S/C25H30N4O2.2ClH/c1-4-5-6-13-29-23-10-9-21(17(2)25(23)27-28-29)22(15-24(30)31-3)19-8-7-18-11-12-26-16-20(18)14-19;;/h4,7-10,14,22,26H,1,5-6,11-13,15-16H2,2-3H3;2*1H/t22-;;/m0../s1. The van der Waals surface area contributed by atoms with Gasteiger partial charge in [-0.25, -0.2) is 4.68 Å². The number of nitrogens with zero attached hydrogens (tertiary/aromatic N) is 3. The lowest BCUT2D eigenvalue weighted by atomic mass is 9.83. The molecule has 1 N–H and O–H groups in total. The molecular weight excluding hydrogens is 459 g/mol. The quantitative estimate of drug-likeness (QED) is 0.276. The van der Waals surface area contributed by atoms with E-state index in [1.54, 1.807) is 0 Å². The Bertz CT molecular complexity index is 1110. The van der Waals surface area contributed by atoms with Crippen molar-refractivity contribution in [2.24, 2.45) is 0 Å². The maximum Gasteiger partial charge on any atom is 0.306 e. The minimum atomic E-state index is -0.214. The molecule has 0 saturated carbocycles. The van der Waals surface area contributed by atoms with Crippen molar-refractivity contribution in [1.82, 2.24) is 20.3 Å². The number of aromatic nitrogens is 3. The van der Waals surface area contributed by atoms with Crippen molar-refractivity contribution in [2.45, 2.75) is 51.6 Å². The van der Waals surface area contributed by atoms with Crippen LogP contribution < -0.4 is 5.32 Å². The monoisotopic (exact) mass is 490 g/mol. The summed E-state index contributed by atoms with van der Waals surface area (Å²) in [6, 6.07) is 10.8. The fraction of sp³-hybridized carbons (Fsp3) is 0.400. The fourth-order valence-electron chi connectivity index (χ4n) is 4.49. The molecule has 1 aliphatic rings. The zero-order valence-electron chi connectivity index (χ0n) is 19.2. The van der Waals surface area contributed by atoms with Crippen molar-refractivity contribution < 1.29 is 9.53 Å². The highest BCUT2D eigenvalue weighted by atomic mass is 35.5. The molecule has 2 aromatic carbocycles. The van der Waals surface area contributed by atoms with Gasteiger partial charge in [-0.2, -0.15) is 0 Å². The summed E-state index contributed by atoms with van der Waals surface area (Å²) >= 11 is 0. The second-order valence-corrected chi connectivity index (χ2v) is 8.18. The summed E-state index contributed by atoms with van der Waals surface area (Å²) in [5, 5.41) is 12.3. The van der Waals surface area contributed by atoms with Gasteiger partial charge in [0.15, 0.2) is 0 Å². The van der Waals surface area contributed by atoms with Crippen molar-refractivity contribution in [1.29, 1.82) is 0 Å². The van der Waals surface area contributed by atoms with Gasteiger partial charge in [-0.15, -0.1) is 36.5 Å². The lowest BCUT2D eigenvalue weighted by Crippen LogP contribution is -2.24. The summed E-state index contributed by atoms with van der Waals surface area (Å²) < 4.78 is 6.99. The summed E-state index contributed by atoms with van der Waals surface area (Å²) in [6.07, 6.45) is 5.19. The van der Waals surface area contributed by atoms with E-state index < -0.39 is 0 Å². The number of carbonyl (C=O) groups excluding carboxylic acids is 1. The molecule has 2 heterocycles. The summed E-state index contributed by atoms with van der Waals surface area (Å²) in [5.41, 5.74) is 7.91. The molecule has 4 rings (SSSR count). The number of ether oxygens (including phenoxy) is 1. The van der Waals surface area contributed by atoms with Crippen LogP contribution >= 0.6 is 24.8 Å². The summed E-state index contributed by atoms with van der Waals surface area (Å²) in [6.45, 7) is 8.55. The number of hydrogen-bond acceptors (Lipinski definition) is 5. The number of benzene rings is 2. The number of allylic oxidation sites excluding steroid dienone is 1. The van der Waals surface area contributed by atoms with E-state index in [0.29, 0.717) is 6.42 Å². The van der Waals surface area contributed by atoms with E-state index in [9.17, 15) is 4.79 Å². The van der Waals surface area contributed by atoms with Crippen molar-refractivity contribution in [3.63, 3.8) is 0 Å². The van der Waals surface area contributed by atoms with Crippen LogP contribution in [0, 0.1) is 6.92 Å². The van der Waals surface area contributed by atoms with Crippen molar-refractivity contribution >= 4 is 41.8 Å². The highest BCUT2D eigenvalue weighted by molar-refractivity contribution is 5.85. The Morgan fingerprint density at radius 2 is 2.09 bits per heavy atom. The van der Waals surface area contributed by atoms with Gasteiger partial charge in [-0.1, -0.05) is 35.6 Å². The van der Waals surface area contributed by atoms with E-state index in [4.69, 9.17) is 4.74 Å². The molecule has 1 aliphatic heterocycles. The molecule has 0 spiro atoms. The average Bonchev–Trinajstić information content (AvgIpc) is 3.21. The first-order chi connectivity index (χ1) is 15.1. The number of hydrogen-bond donors (Lipinski definition) is 1. The zero-order valence-corrected chi connectivity index (χ0v) is 20.8. The number of rotatable bonds is 8. The fourth-order valence-corrected chi connectivity index (χ4v) is 4.49. The van der Waals surface area contributed by atoms with Crippen LogP contribution in [-0.4, -0.2) is 34.6 Å². The number of fused-ring (bicyclic) bond motifs is 2. The predicted octanol–water partition coefficient (Wildman–Crippen LogP) is 4.89. The summed E-state index contributed by atoms with van der Waals surface area (Å²) in [4.78, 5) is 12.3. The second kappa shape index (κ2) is 12.2. The van der Waals surface area contributed by atoms with Crippen molar-refractivity contribution in [2.75, 3.05) is 13.7 Å². The largest absolute Gasteiger partial charge is 0.469 e. The van der Waals surface area contributed by atoms with Crippen molar-refractivity contribution in [3.8, 4) is 0 Å². The molecule has 0 aliphatic carbocycles. The molecule has 33 heavy (non-hydrogen) atoms. The van der Waals surface area contributed by atoms with Crippen LogP contribution in [0.2, 0.25) is 0 Å². The van der Waals surface area contributed by atoms with Gasteiger partial charge < -0.3 is 10.1 Å². The highest BCUT2D eigenvalue weighted by Crippen LogP contribution is 2.35. The Labute approximate surface area is 207 Å². The molecule has 0 unspecified atom stereocenters. The third-order valence-corrected chi connectivity index (χ3v) is 6.25. The molecule has 0 radical (unpaired) electrons. The van der Waals surface area contributed by atoms with Crippen molar-refractivity contribution in [3.05, 3.63) is 70.8 Å². The SMILES string of the molecule is C=CCCCn1nnc2c(C)c([C@@H](CC(=O)OC)c3ccc4c(c3)CNCC4)ccc21.Cl.Cl. The van der Waals surface area contributed by atoms with Gasteiger partial charge in [-0.3, -0.25) is 4.79 Å². The van der Waals surface area contributed by atoms with Gasteiger partial charge in [0.2, 0.25) is 0 Å². The number of carbonyl (C=O) groups is 1. The Balaban J connectivity index is 0.00000193. The van der Waals surface area contributed by atoms with Gasteiger partial charge in [0.1, 0.15) is 5.52 Å². The van der Waals surface area contributed by atoms with E-state index >= 15 is 0 Å². The lowest BCUT2D eigenvalue weighted by molar-refractivity contribution is -0.140. The van der Waals surface area contributed by atoms with Crippen LogP contribution in [0.4, 0.5) is 0 Å². The minimum Gasteiger partial charge on any atom is -0.469 e. The molecule has 0 amide bonds. The molecule has 6 nitrogen and oxygen atoms in total. The normalized spacial score (nSPS) is 13.4. The summed E-state index contributed by atoms with van der Waals surface area (Å²) in [5.74, 6) is -0.302. The molecule has 3 aromatic rings. The molecule has 1 atom stereocenters. The van der Waals surface area contributed by atoms with Gasteiger partial charge in [-0.05, 0) is 66.6 Å². The maximum absolute atomic E-state index is 12.3. The molecule has 0 bridgehead atoms. The molecule has 178 valence electrons. The first kappa shape index (κ1) is 26.8. The van der Waals surface area contributed by atoms with Crippen LogP contribution in [-0.2, 0) is 29.0 Å². The number of methoxy groups -OCH3 is 1. The third-order valence-electron chi connectivity index (χ3n) is 6.25. The van der Waals surface area contributed by atoms with E-state index in [2.05, 4.69) is 59.5 Å². The number of esters is 1. The first-order valence-corrected chi connectivity index (χ1v) is 10.9. The lowest BCUT2D eigenvalue weighted by Gasteiger charge is -2.23. The summed E-state index contributed by atoms with van der Waals surface area (Å²) in [7, 11) is 1.45. The second-order valence-electron chi connectivity index (χ2n) is 8.18. The Kier molecular flexibility index (Phi) is 9.89. The van der Waals surface area contributed by atoms with Crippen LogP contribution in [0.1, 0.15) is 53.0 Å². The number of halogens is 2. The Morgan fingerprint density at radius 3 is 2.85 bits per heavy atom. The number of unbranched alkanes of at least 4 members (excludes halogenated alkanes) is 1. The maximum atomic E-state index is 12.3. The van der Waals surface area contributed by atoms with Gasteiger partial charge in [0.25, 0.3) is 0 Å². The average molecular weight is 491 g/mol. The van der Waals surface area contributed by atoms with Crippen LogP contribution in [0.3, 0.4) is 0 Å². The van der Waals surface area contributed by atoms with Gasteiger partial charge in [0, 0.05) is 19.0 Å². The predicted molar refractivity (Wildman–Crippen MR) is 137 cm³/mol. The van der Waals surface area contributed by atoms with E-state index in [1.165, 1.54) is 18.2 Å². The van der Waals surface area contributed by atoms with Crippen LogP contribution in [0.5, 0.6) is 0 Å². The van der Waals surface area contributed by atoms with Gasteiger partial charge in [0.05, 0.1) is 19.0 Å². The molecule has 1 aromatic heterocycles. The van der Waals surface area contributed by atoms with E-state index in [0.717, 1.165) is 66.6 Å². The topological polar surface area (TPSA) is 69.0 Å². The first-order valence-electron chi connectivity index (χ1n) is 10.9. The molecule has 0 saturated heterocycles. The Morgan fingerprint density at radius 1 is 1.27 bits per heavy atom. The number of nitrogens with one attached hydrogen (secondary N) is 1. The molecule has 0 fully saturated rings. The Hall–Kier alpha value is -2.41. The number of aryl methyl sites for hydroxylation is 2. The van der Waals surface area contributed by atoms with Crippen LogP contribution in [0.15, 0.2) is 43.0 Å². The zero-order chi connectivity index (χ0) is 21.8.